The highest BCUT2D eigenvalue weighted by atomic mass is 16.5. The van der Waals surface area contributed by atoms with Gasteiger partial charge in [-0.3, -0.25) is 4.90 Å². The number of hydrogen-bond acceptors (Lipinski definition) is 3. The van der Waals surface area contributed by atoms with Gasteiger partial charge in [0.15, 0.2) is 11.5 Å². The molecule has 1 N–H and O–H groups in total. The first-order chi connectivity index (χ1) is 13.7. The van der Waals surface area contributed by atoms with Crippen LogP contribution in [0, 0.1) is 0 Å². The molecule has 0 aliphatic heterocycles. The second-order valence-electron chi connectivity index (χ2n) is 6.26. The molecule has 5 nitrogen and oxygen atoms in total. The number of carbonyl (C=O) groups excluding carboxylic acids is 1. The Kier molecular flexibility index (Phi) is 6.52. The summed E-state index contributed by atoms with van der Waals surface area (Å²) in [5.74, 6) is 1.30. The van der Waals surface area contributed by atoms with Gasteiger partial charge in [0, 0.05) is 12.2 Å². The summed E-state index contributed by atoms with van der Waals surface area (Å²) >= 11 is 0. The van der Waals surface area contributed by atoms with Gasteiger partial charge < -0.3 is 14.8 Å². The quantitative estimate of drug-likeness (QED) is 0.655. The lowest BCUT2D eigenvalue weighted by Crippen LogP contribution is -2.39. The third kappa shape index (κ3) is 4.82. The van der Waals surface area contributed by atoms with Crippen LogP contribution in [0.15, 0.2) is 78.9 Å². The number of methoxy groups -OCH3 is 2. The van der Waals surface area contributed by atoms with Crippen molar-refractivity contribution in [2.75, 3.05) is 19.1 Å². The van der Waals surface area contributed by atoms with Crippen molar-refractivity contribution in [2.24, 2.45) is 0 Å². The highest BCUT2D eigenvalue weighted by Crippen LogP contribution is 2.27. The lowest BCUT2D eigenvalue weighted by Gasteiger charge is -2.23. The van der Waals surface area contributed by atoms with Crippen molar-refractivity contribution in [1.82, 2.24) is 5.32 Å². The number of rotatable bonds is 7. The molecular formula is C23H24N2O3. The van der Waals surface area contributed by atoms with Gasteiger partial charge in [-0.1, -0.05) is 54.6 Å². The molecule has 3 aromatic rings. The van der Waals surface area contributed by atoms with E-state index in [9.17, 15) is 4.79 Å². The predicted octanol–water partition coefficient (Wildman–Crippen LogP) is 4.62. The van der Waals surface area contributed by atoms with Crippen molar-refractivity contribution < 1.29 is 14.3 Å². The zero-order chi connectivity index (χ0) is 19.8. The summed E-state index contributed by atoms with van der Waals surface area (Å²) in [5.41, 5.74) is 2.84. The Bertz CT molecular complexity index is 898. The molecule has 0 atom stereocenters. The van der Waals surface area contributed by atoms with Crippen LogP contribution in [0.25, 0.3) is 0 Å². The SMILES string of the molecule is COc1ccc(CNC(=O)N(Cc2ccccc2)c2ccccc2)cc1OC. The van der Waals surface area contributed by atoms with Crippen molar-refractivity contribution in [2.45, 2.75) is 13.1 Å². The second-order valence-corrected chi connectivity index (χ2v) is 6.26. The molecule has 5 heteroatoms. The monoisotopic (exact) mass is 376 g/mol. The first-order valence-corrected chi connectivity index (χ1v) is 9.06. The molecule has 0 aliphatic carbocycles. The topological polar surface area (TPSA) is 50.8 Å². The van der Waals surface area contributed by atoms with Gasteiger partial charge in [0.1, 0.15) is 0 Å². The number of carbonyl (C=O) groups is 1. The van der Waals surface area contributed by atoms with Crippen molar-refractivity contribution >= 4 is 11.7 Å². The Morgan fingerprint density at radius 1 is 0.821 bits per heavy atom. The molecule has 3 rings (SSSR count). The van der Waals surface area contributed by atoms with Crippen LogP contribution in [0.3, 0.4) is 0 Å². The summed E-state index contributed by atoms with van der Waals surface area (Å²) in [7, 11) is 3.19. The fourth-order valence-corrected chi connectivity index (χ4v) is 2.92. The number of hydrogen-bond donors (Lipinski definition) is 1. The zero-order valence-electron chi connectivity index (χ0n) is 16.1. The van der Waals surface area contributed by atoms with Crippen LogP contribution in [-0.2, 0) is 13.1 Å². The van der Waals surface area contributed by atoms with Crippen LogP contribution in [0.5, 0.6) is 11.5 Å². The molecule has 28 heavy (non-hydrogen) atoms. The zero-order valence-corrected chi connectivity index (χ0v) is 16.1. The van der Waals surface area contributed by atoms with E-state index in [1.54, 1.807) is 19.1 Å². The van der Waals surface area contributed by atoms with Gasteiger partial charge >= 0.3 is 6.03 Å². The van der Waals surface area contributed by atoms with Gasteiger partial charge in [-0.15, -0.1) is 0 Å². The molecule has 0 fully saturated rings. The molecule has 2 amide bonds. The van der Waals surface area contributed by atoms with Crippen LogP contribution < -0.4 is 19.7 Å². The maximum atomic E-state index is 13.0. The summed E-state index contributed by atoms with van der Waals surface area (Å²) in [6, 6.07) is 25.0. The molecule has 0 spiro atoms. The van der Waals surface area contributed by atoms with Crippen LogP contribution >= 0.6 is 0 Å². The fourth-order valence-electron chi connectivity index (χ4n) is 2.92. The number of nitrogens with one attached hydrogen (secondary N) is 1. The van der Waals surface area contributed by atoms with E-state index in [0.29, 0.717) is 24.6 Å². The smallest absolute Gasteiger partial charge is 0.322 e. The van der Waals surface area contributed by atoms with E-state index in [4.69, 9.17) is 9.47 Å². The van der Waals surface area contributed by atoms with E-state index in [1.165, 1.54) is 0 Å². The van der Waals surface area contributed by atoms with Crippen LogP contribution in [0.1, 0.15) is 11.1 Å². The minimum absolute atomic E-state index is 0.162. The average molecular weight is 376 g/mol. The first kappa shape index (κ1) is 19.3. The normalized spacial score (nSPS) is 10.2. The molecule has 0 saturated carbocycles. The van der Waals surface area contributed by atoms with E-state index < -0.39 is 0 Å². The Morgan fingerprint density at radius 3 is 2.11 bits per heavy atom. The van der Waals surface area contributed by atoms with Crippen LogP contribution in [0.2, 0.25) is 0 Å². The maximum Gasteiger partial charge on any atom is 0.322 e. The fraction of sp³-hybridized carbons (Fsp3) is 0.174. The molecule has 0 aliphatic rings. The minimum Gasteiger partial charge on any atom is -0.493 e. The van der Waals surface area contributed by atoms with Gasteiger partial charge in [0.05, 0.1) is 20.8 Å². The van der Waals surface area contributed by atoms with Gasteiger partial charge in [0.2, 0.25) is 0 Å². The number of para-hydroxylation sites is 1. The van der Waals surface area contributed by atoms with Gasteiger partial charge in [-0.2, -0.15) is 0 Å². The number of nitrogens with zero attached hydrogens (tertiary/aromatic N) is 1. The number of amides is 2. The second kappa shape index (κ2) is 9.46. The number of urea groups is 1. The summed E-state index contributed by atoms with van der Waals surface area (Å²) in [6.07, 6.45) is 0. The number of anilines is 1. The van der Waals surface area contributed by atoms with Gasteiger partial charge in [-0.25, -0.2) is 4.79 Å². The lowest BCUT2D eigenvalue weighted by atomic mass is 10.2. The van der Waals surface area contributed by atoms with Crippen LogP contribution in [-0.4, -0.2) is 20.3 Å². The van der Waals surface area contributed by atoms with Gasteiger partial charge in [0.25, 0.3) is 0 Å². The summed E-state index contributed by atoms with van der Waals surface area (Å²) in [5, 5.41) is 3.00. The molecule has 0 radical (unpaired) electrons. The average Bonchev–Trinajstić information content (AvgIpc) is 2.76. The Balaban J connectivity index is 1.74. The Morgan fingerprint density at radius 2 is 1.46 bits per heavy atom. The molecule has 3 aromatic carbocycles. The standard InChI is InChI=1S/C23H24N2O3/c1-27-21-14-13-19(15-22(21)28-2)16-24-23(26)25(20-11-7-4-8-12-20)17-18-9-5-3-6-10-18/h3-15H,16-17H2,1-2H3,(H,24,26). The van der Waals surface area contributed by atoms with E-state index in [0.717, 1.165) is 16.8 Å². The molecular weight excluding hydrogens is 352 g/mol. The largest absolute Gasteiger partial charge is 0.493 e. The molecule has 0 aromatic heterocycles. The number of ether oxygens (including phenoxy) is 2. The Labute approximate surface area is 165 Å². The lowest BCUT2D eigenvalue weighted by molar-refractivity contribution is 0.245. The molecule has 0 heterocycles. The minimum atomic E-state index is -0.162. The van der Waals surface area contributed by atoms with E-state index in [-0.39, 0.29) is 6.03 Å². The van der Waals surface area contributed by atoms with E-state index in [1.807, 2.05) is 78.9 Å². The highest BCUT2D eigenvalue weighted by Gasteiger charge is 2.16. The van der Waals surface area contributed by atoms with Crippen molar-refractivity contribution in [1.29, 1.82) is 0 Å². The summed E-state index contributed by atoms with van der Waals surface area (Å²) in [4.78, 5) is 14.7. The Hall–Kier alpha value is -3.47. The third-order valence-electron chi connectivity index (χ3n) is 4.39. The van der Waals surface area contributed by atoms with Crippen molar-refractivity contribution in [3.63, 3.8) is 0 Å². The van der Waals surface area contributed by atoms with Crippen molar-refractivity contribution in [3.8, 4) is 11.5 Å². The third-order valence-corrected chi connectivity index (χ3v) is 4.39. The molecule has 0 bridgehead atoms. The van der Waals surface area contributed by atoms with E-state index >= 15 is 0 Å². The highest BCUT2D eigenvalue weighted by molar-refractivity contribution is 5.91. The predicted molar refractivity (Wildman–Crippen MR) is 111 cm³/mol. The molecule has 144 valence electrons. The summed E-state index contributed by atoms with van der Waals surface area (Å²) in [6.45, 7) is 0.875. The van der Waals surface area contributed by atoms with E-state index in [2.05, 4.69) is 5.32 Å². The molecule has 0 unspecified atom stereocenters. The summed E-state index contributed by atoms with van der Waals surface area (Å²) < 4.78 is 10.6. The number of benzene rings is 3. The van der Waals surface area contributed by atoms with Gasteiger partial charge in [-0.05, 0) is 35.4 Å². The molecule has 0 saturated heterocycles. The van der Waals surface area contributed by atoms with Crippen molar-refractivity contribution in [3.05, 3.63) is 90.0 Å². The maximum absolute atomic E-state index is 13.0. The first-order valence-electron chi connectivity index (χ1n) is 9.06. The van der Waals surface area contributed by atoms with Crippen LogP contribution in [0.4, 0.5) is 10.5 Å².